The van der Waals surface area contributed by atoms with E-state index in [1.165, 1.54) is 18.2 Å². The van der Waals surface area contributed by atoms with Gasteiger partial charge in [0, 0.05) is 23.7 Å². The number of benzene rings is 2. The Labute approximate surface area is 151 Å². The Morgan fingerprint density at radius 1 is 1.12 bits per heavy atom. The van der Waals surface area contributed by atoms with Crippen LogP contribution < -0.4 is 0 Å². The molecule has 1 amide bonds. The smallest absolute Gasteiger partial charge is 0.310 e. The van der Waals surface area contributed by atoms with E-state index in [-0.39, 0.29) is 29.5 Å². The number of carbonyl (C=O) groups excluding carboxylic acids is 2. The fourth-order valence-electron chi connectivity index (χ4n) is 2.31. The molecule has 0 fully saturated rings. The molecule has 0 aliphatic rings. The molecule has 0 heterocycles. The van der Waals surface area contributed by atoms with E-state index < -0.39 is 11.8 Å². The molecule has 6 heteroatoms. The third-order valence-corrected chi connectivity index (χ3v) is 4.04. The van der Waals surface area contributed by atoms with Crippen LogP contribution in [0.2, 0.25) is 5.02 Å². The Morgan fingerprint density at radius 3 is 2.48 bits per heavy atom. The van der Waals surface area contributed by atoms with Crippen LogP contribution in [0.15, 0.2) is 48.5 Å². The normalized spacial score (nSPS) is 10.4. The highest BCUT2D eigenvalue weighted by molar-refractivity contribution is 6.31. The van der Waals surface area contributed by atoms with Gasteiger partial charge in [-0.1, -0.05) is 48.0 Å². The second-order valence-corrected chi connectivity index (χ2v) is 5.84. The van der Waals surface area contributed by atoms with Crippen molar-refractivity contribution in [2.24, 2.45) is 0 Å². The van der Waals surface area contributed by atoms with Crippen molar-refractivity contribution >= 4 is 23.5 Å². The number of hydrogen-bond acceptors (Lipinski definition) is 3. The Kier molecular flexibility index (Phi) is 6.95. The fraction of sp³-hybridized carbons (Fsp3) is 0.263. The number of halogens is 2. The predicted molar refractivity (Wildman–Crippen MR) is 93.6 cm³/mol. The lowest BCUT2D eigenvalue weighted by Crippen LogP contribution is -2.34. The standard InChI is InChI=1S/C19H19ClFNO3/c1-2-22(12-14-7-4-3-5-8-14)18(23)13-25-19(24)11-15-16(20)9-6-10-17(15)21/h3-10H,2,11-13H2,1H3. The second kappa shape index (κ2) is 9.18. The number of likely N-dealkylation sites (N-methyl/N-ethyl adjacent to an activating group) is 1. The third-order valence-electron chi connectivity index (χ3n) is 3.69. The maximum Gasteiger partial charge on any atom is 0.310 e. The maximum absolute atomic E-state index is 13.7. The van der Waals surface area contributed by atoms with Crippen LogP contribution in [0.5, 0.6) is 0 Å². The number of nitrogens with zero attached hydrogens (tertiary/aromatic N) is 1. The van der Waals surface area contributed by atoms with Gasteiger partial charge in [-0.2, -0.15) is 0 Å². The Balaban J connectivity index is 1.88. The topological polar surface area (TPSA) is 46.6 Å². The van der Waals surface area contributed by atoms with Crippen molar-refractivity contribution in [3.05, 3.63) is 70.5 Å². The summed E-state index contributed by atoms with van der Waals surface area (Å²) in [7, 11) is 0. The fourth-order valence-corrected chi connectivity index (χ4v) is 2.54. The van der Waals surface area contributed by atoms with E-state index in [1.54, 1.807) is 4.90 Å². The molecule has 2 rings (SSSR count). The number of carbonyl (C=O) groups is 2. The van der Waals surface area contributed by atoms with Gasteiger partial charge in [-0.25, -0.2) is 4.39 Å². The zero-order chi connectivity index (χ0) is 18.2. The van der Waals surface area contributed by atoms with E-state index in [0.717, 1.165) is 5.56 Å². The molecule has 0 aromatic heterocycles. The molecular formula is C19H19ClFNO3. The molecule has 0 N–H and O–H groups in total. The van der Waals surface area contributed by atoms with Gasteiger partial charge < -0.3 is 9.64 Å². The summed E-state index contributed by atoms with van der Waals surface area (Å²) in [6, 6.07) is 13.7. The van der Waals surface area contributed by atoms with Gasteiger partial charge in [0.15, 0.2) is 6.61 Å². The molecule has 132 valence electrons. The molecule has 0 atom stereocenters. The van der Waals surface area contributed by atoms with Crippen molar-refractivity contribution < 1.29 is 18.7 Å². The summed E-state index contributed by atoms with van der Waals surface area (Å²) >= 11 is 5.88. The summed E-state index contributed by atoms with van der Waals surface area (Å²) in [5.74, 6) is -1.58. The van der Waals surface area contributed by atoms with Gasteiger partial charge in [0.25, 0.3) is 5.91 Å². The first-order valence-corrected chi connectivity index (χ1v) is 8.29. The molecule has 25 heavy (non-hydrogen) atoms. The maximum atomic E-state index is 13.7. The van der Waals surface area contributed by atoms with Gasteiger partial charge in [-0.15, -0.1) is 0 Å². The molecular weight excluding hydrogens is 345 g/mol. The molecule has 0 spiro atoms. The Morgan fingerprint density at radius 2 is 1.84 bits per heavy atom. The van der Waals surface area contributed by atoms with E-state index in [0.29, 0.717) is 13.1 Å². The van der Waals surface area contributed by atoms with Gasteiger partial charge in [-0.05, 0) is 24.6 Å². The lowest BCUT2D eigenvalue weighted by atomic mass is 10.1. The largest absolute Gasteiger partial charge is 0.455 e. The average molecular weight is 364 g/mol. The van der Waals surface area contributed by atoms with Crippen molar-refractivity contribution in [2.75, 3.05) is 13.2 Å². The van der Waals surface area contributed by atoms with Crippen LogP contribution in [0.25, 0.3) is 0 Å². The highest BCUT2D eigenvalue weighted by Gasteiger charge is 2.17. The molecule has 0 saturated carbocycles. The molecule has 2 aromatic rings. The second-order valence-electron chi connectivity index (χ2n) is 5.43. The van der Waals surface area contributed by atoms with Crippen LogP contribution in [0.1, 0.15) is 18.1 Å². The number of ether oxygens (including phenoxy) is 1. The quantitative estimate of drug-likeness (QED) is 0.706. The van der Waals surface area contributed by atoms with Crippen LogP contribution in [0.4, 0.5) is 4.39 Å². The van der Waals surface area contributed by atoms with Crippen LogP contribution >= 0.6 is 11.6 Å². The summed E-state index contributed by atoms with van der Waals surface area (Å²) in [4.78, 5) is 25.7. The van der Waals surface area contributed by atoms with Gasteiger partial charge in [0.1, 0.15) is 5.82 Å². The van der Waals surface area contributed by atoms with E-state index in [2.05, 4.69) is 0 Å². The van der Waals surface area contributed by atoms with Crippen molar-refractivity contribution in [2.45, 2.75) is 19.9 Å². The third kappa shape index (κ3) is 5.57. The SMILES string of the molecule is CCN(Cc1ccccc1)C(=O)COC(=O)Cc1c(F)cccc1Cl. The monoisotopic (exact) mass is 363 g/mol. The minimum Gasteiger partial charge on any atom is -0.455 e. The molecule has 0 radical (unpaired) electrons. The van der Waals surface area contributed by atoms with E-state index in [1.807, 2.05) is 37.3 Å². The Bertz CT molecular complexity index is 716. The highest BCUT2D eigenvalue weighted by atomic mass is 35.5. The number of hydrogen-bond donors (Lipinski definition) is 0. The predicted octanol–water partition coefficient (Wildman–Crippen LogP) is 3.61. The molecule has 4 nitrogen and oxygen atoms in total. The van der Waals surface area contributed by atoms with E-state index in [9.17, 15) is 14.0 Å². The highest BCUT2D eigenvalue weighted by Crippen LogP contribution is 2.19. The van der Waals surface area contributed by atoms with Crippen molar-refractivity contribution in [1.82, 2.24) is 4.90 Å². The van der Waals surface area contributed by atoms with Gasteiger partial charge in [0.2, 0.25) is 0 Å². The van der Waals surface area contributed by atoms with E-state index in [4.69, 9.17) is 16.3 Å². The number of esters is 1. The van der Waals surface area contributed by atoms with Crippen molar-refractivity contribution in [1.29, 1.82) is 0 Å². The summed E-state index contributed by atoms with van der Waals surface area (Å²) in [5, 5.41) is 0.155. The summed E-state index contributed by atoms with van der Waals surface area (Å²) in [6.07, 6.45) is -0.316. The van der Waals surface area contributed by atoms with Crippen molar-refractivity contribution in [3.8, 4) is 0 Å². The molecule has 0 unspecified atom stereocenters. The molecule has 2 aromatic carbocycles. The first-order chi connectivity index (χ1) is 12.0. The van der Waals surface area contributed by atoms with Crippen LogP contribution in [0, 0.1) is 5.82 Å². The zero-order valence-electron chi connectivity index (χ0n) is 13.9. The molecule has 0 saturated heterocycles. The van der Waals surface area contributed by atoms with Crippen LogP contribution in [0.3, 0.4) is 0 Å². The minimum absolute atomic E-state index is 0.0678. The number of rotatable bonds is 7. The summed E-state index contributed by atoms with van der Waals surface area (Å²) in [6.45, 7) is 2.39. The number of amides is 1. The van der Waals surface area contributed by atoms with Gasteiger partial charge in [-0.3, -0.25) is 9.59 Å². The molecule has 0 bridgehead atoms. The van der Waals surface area contributed by atoms with Gasteiger partial charge >= 0.3 is 5.97 Å². The first kappa shape index (κ1) is 18.9. The van der Waals surface area contributed by atoms with E-state index >= 15 is 0 Å². The van der Waals surface area contributed by atoms with Crippen LogP contribution in [-0.2, 0) is 27.3 Å². The summed E-state index contributed by atoms with van der Waals surface area (Å²) in [5.41, 5.74) is 1.06. The average Bonchev–Trinajstić information content (AvgIpc) is 2.61. The molecule has 0 aliphatic heterocycles. The summed E-state index contributed by atoms with van der Waals surface area (Å²) < 4.78 is 18.7. The lowest BCUT2D eigenvalue weighted by Gasteiger charge is -2.20. The minimum atomic E-state index is -0.698. The lowest BCUT2D eigenvalue weighted by molar-refractivity contribution is -0.151. The zero-order valence-corrected chi connectivity index (χ0v) is 14.6. The van der Waals surface area contributed by atoms with Gasteiger partial charge in [0.05, 0.1) is 6.42 Å². The Hall–Kier alpha value is -2.40. The van der Waals surface area contributed by atoms with Crippen LogP contribution in [-0.4, -0.2) is 29.9 Å². The van der Waals surface area contributed by atoms with Crippen molar-refractivity contribution in [3.63, 3.8) is 0 Å². The first-order valence-electron chi connectivity index (χ1n) is 7.91. The molecule has 0 aliphatic carbocycles.